The van der Waals surface area contributed by atoms with Crippen LogP contribution in [0.3, 0.4) is 0 Å². The normalized spacial score (nSPS) is 10.2. The highest BCUT2D eigenvalue weighted by Crippen LogP contribution is 2.19. The molecule has 0 saturated heterocycles. The number of hydrogen-bond acceptors (Lipinski definition) is 3. The van der Waals surface area contributed by atoms with E-state index in [9.17, 15) is 4.39 Å². The van der Waals surface area contributed by atoms with Gasteiger partial charge in [-0.2, -0.15) is 0 Å². The van der Waals surface area contributed by atoms with Crippen LogP contribution in [-0.4, -0.2) is 10.1 Å². The average Bonchev–Trinajstić information content (AvgIpc) is 2.31. The first kappa shape index (κ1) is 11.9. The van der Waals surface area contributed by atoms with Crippen LogP contribution < -0.4 is 5.32 Å². The number of pyridine rings is 1. The summed E-state index contributed by atoms with van der Waals surface area (Å²) in [6.07, 6.45) is 0. The molecule has 17 heavy (non-hydrogen) atoms. The third-order valence-electron chi connectivity index (χ3n) is 2.19. The molecule has 2 N–H and O–H groups in total. The van der Waals surface area contributed by atoms with E-state index in [-0.39, 0.29) is 5.75 Å². The van der Waals surface area contributed by atoms with E-state index in [1.165, 1.54) is 12.1 Å². The maximum absolute atomic E-state index is 13.1. The second-order valence-electron chi connectivity index (χ2n) is 3.47. The number of nitrogens with zero attached hydrogens (tertiary/aromatic N) is 1. The summed E-state index contributed by atoms with van der Waals surface area (Å²) < 4.78 is 13.8. The van der Waals surface area contributed by atoms with Crippen molar-refractivity contribution >= 4 is 21.6 Å². The summed E-state index contributed by atoms with van der Waals surface area (Å²) in [4.78, 5) is 4.24. The molecule has 1 aromatic heterocycles. The Kier molecular flexibility index (Phi) is 3.58. The first-order valence-electron chi connectivity index (χ1n) is 4.99. The zero-order valence-electron chi connectivity index (χ0n) is 8.82. The zero-order valence-corrected chi connectivity index (χ0v) is 10.4. The van der Waals surface area contributed by atoms with Crippen LogP contribution >= 0.6 is 15.9 Å². The average molecular weight is 297 g/mol. The molecule has 0 unspecified atom stereocenters. The third-order valence-corrected chi connectivity index (χ3v) is 2.64. The van der Waals surface area contributed by atoms with E-state index in [2.05, 4.69) is 26.2 Å². The topological polar surface area (TPSA) is 45.1 Å². The number of aromatic hydroxyl groups is 1. The molecule has 2 rings (SSSR count). The molecular weight excluding hydrogens is 287 g/mol. The molecule has 0 amide bonds. The molecule has 3 nitrogen and oxygen atoms in total. The maximum Gasteiger partial charge on any atom is 0.166 e. The number of halogens is 2. The summed E-state index contributed by atoms with van der Waals surface area (Å²) >= 11 is 3.28. The lowest BCUT2D eigenvalue weighted by molar-refractivity contribution is 0.432. The van der Waals surface area contributed by atoms with Gasteiger partial charge in [-0.3, -0.25) is 0 Å². The van der Waals surface area contributed by atoms with Gasteiger partial charge in [0.1, 0.15) is 4.60 Å². The quantitative estimate of drug-likeness (QED) is 0.675. The Bertz CT molecular complexity index is 534. The van der Waals surface area contributed by atoms with Crippen LogP contribution in [0.1, 0.15) is 5.69 Å². The van der Waals surface area contributed by atoms with Gasteiger partial charge in [0.25, 0.3) is 0 Å². The van der Waals surface area contributed by atoms with Crippen molar-refractivity contribution in [2.75, 3.05) is 5.32 Å². The van der Waals surface area contributed by atoms with E-state index in [1.54, 1.807) is 6.07 Å². The summed E-state index contributed by atoms with van der Waals surface area (Å²) in [5.74, 6) is -0.992. The van der Waals surface area contributed by atoms with Crippen LogP contribution in [0.2, 0.25) is 0 Å². The number of anilines is 1. The first-order valence-corrected chi connectivity index (χ1v) is 5.78. The minimum Gasteiger partial charge on any atom is -0.505 e. The molecular formula is C12H10BrFN2O. The summed E-state index contributed by atoms with van der Waals surface area (Å²) in [6.45, 7) is 0.490. The molecule has 5 heteroatoms. The van der Waals surface area contributed by atoms with Gasteiger partial charge >= 0.3 is 0 Å². The fourth-order valence-electron chi connectivity index (χ4n) is 1.36. The molecule has 0 saturated carbocycles. The fourth-order valence-corrected chi connectivity index (χ4v) is 1.74. The van der Waals surface area contributed by atoms with Gasteiger partial charge < -0.3 is 10.4 Å². The predicted molar refractivity (Wildman–Crippen MR) is 67.3 cm³/mol. The van der Waals surface area contributed by atoms with Crippen LogP contribution in [0.25, 0.3) is 0 Å². The Morgan fingerprint density at radius 1 is 1.29 bits per heavy atom. The fraction of sp³-hybridized carbons (Fsp3) is 0.0833. The van der Waals surface area contributed by atoms with Gasteiger partial charge in [0.2, 0.25) is 0 Å². The van der Waals surface area contributed by atoms with E-state index >= 15 is 0 Å². The molecule has 0 aliphatic carbocycles. The second kappa shape index (κ2) is 5.14. The van der Waals surface area contributed by atoms with Crippen LogP contribution in [-0.2, 0) is 6.54 Å². The maximum atomic E-state index is 13.1. The van der Waals surface area contributed by atoms with E-state index in [0.717, 1.165) is 10.3 Å². The first-order chi connectivity index (χ1) is 8.15. The van der Waals surface area contributed by atoms with Crippen molar-refractivity contribution in [3.05, 3.63) is 52.5 Å². The van der Waals surface area contributed by atoms with Crippen molar-refractivity contribution in [3.63, 3.8) is 0 Å². The summed E-state index contributed by atoms with van der Waals surface area (Å²) in [5, 5.41) is 12.1. The van der Waals surface area contributed by atoms with Gasteiger partial charge in [-0.05, 0) is 40.2 Å². The highest BCUT2D eigenvalue weighted by atomic mass is 79.9. The molecule has 0 bridgehead atoms. The second-order valence-corrected chi connectivity index (χ2v) is 4.28. The molecule has 0 spiro atoms. The Morgan fingerprint density at radius 3 is 2.82 bits per heavy atom. The van der Waals surface area contributed by atoms with Crippen LogP contribution in [0.5, 0.6) is 5.75 Å². The number of phenolic OH excluding ortho intramolecular Hbond substituents is 1. The summed E-state index contributed by atoms with van der Waals surface area (Å²) in [5.41, 5.74) is 1.44. The van der Waals surface area contributed by atoms with Crippen LogP contribution in [0.15, 0.2) is 41.0 Å². The van der Waals surface area contributed by atoms with Gasteiger partial charge in [-0.25, -0.2) is 9.37 Å². The molecule has 1 heterocycles. The van der Waals surface area contributed by atoms with Gasteiger partial charge in [0, 0.05) is 11.8 Å². The van der Waals surface area contributed by atoms with Gasteiger partial charge in [0.15, 0.2) is 11.6 Å². The minimum atomic E-state index is -0.641. The third kappa shape index (κ3) is 3.17. The monoisotopic (exact) mass is 296 g/mol. The smallest absolute Gasteiger partial charge is 0.166 e. The summed E-state index contributed by atoms with van der Waals surface area (Å²) in [6, 6.07) is 9.75. The molecule has 0 aliphatic heterocycles. The van der Waals surface area contributed by atoms with Gasteiger partial charge in [0.05, 0.1) is 12.2 Å². The van der Waals surface area contributed by atoms with Crippen molar-refractivity contribution in [1.82, 2.24) is 4.98 Å². The Morgan fingerprint density at radius 2 is 2.12 bits per heavy atom. The number of benzene rings is 1. The highest BCUT2D eigenvalue weighted by molar-refractivity contribution is 9.10. The Hall–Kier alpha value is -1.62. The number of nitrogens with one attached hydrogen (secondary N) is 1. The van der Waals surface area contributed by atoms with Crippen molar-refractivity contribution < 1.29 is 9.50 Å². The van der Waals surface area contributed by atoms with E-state index < -0.39 is 5.82 Å². The molecule has 2 aromatic rings. The SMILES string of the molecule is Oc1ccc(NCc2cccc(Br)n2)cc1F. The molecule has 0 fully saturated rings. The van der Waals surface area contributed by atoms with Crippen LogP contribution in [0.4, 0.5) is 10.1 Å². The standard InChI is InChI=1S/C12H10BrFN2O/c13-12-3-1-2-9(16-12)7-15-8-4-5-11(17)10(14)6-8/h1-6,15,17H,7H2. The van der Waals surface area contributed by atoms with Crippen molar-refractivity contribution in [3.8, 4) is 5.75 Å². The molecule has 88 valence electrons. The molecule has 0 atom stereocenters. The summed E-state index contributed by atoms with van der Waals surface area (Å²) in [7, 11) is 0. The largest absolute Gasteiger partial charge is 0.505 e. The lowest BCUT2D eigenvalue weighted by Gasteiger charge is -2.06. The van der Waals surface area contributed by atoms with Crippen molar-refractivity contribution in [2.24, 2.45) is 0 Å². The number of aromatic nitrogens is 1. The van der Waals surface area contributed by atoms with Crippen molar-refractivity contribution in [1.29, 1.82) is 0 Å². The predicted octanol–water partition coefficient (Wildman–Crippen LogP) is 3.30. The van der Waals surface area contributed by atoms with E-state index in [0.29, 0.717) is 12.2 Å². The number of hydrogen-bond donors (Lipinski definition) is 2. The van der Waals surface area contributed by atoms with E-state index in [1.807, 2.05) is 18.2 Å². The molecule has 1 aromatic carbocycles. The highest BCUT2D eigenvalue weighted by Gasteiger charge is 2.01. The Balaban J connectivity index is 2.05. The van der Waals surface area contributed by atoms with E-state index in [4.69, 9.17) is 5.11 Å². The lowest BCUT2D eigenvalue weighted by Crippen LogP contribution is -2.01. The molecule has 0 radical (unpaired) electrons. The zero-order chi connectivity index (χ0) is 12.3. The van der Waals surface area contributed by atoms with Crippen LogP contribution in [0, 0.1) is 5.82 Å². The van der Waals surface area contributed by atoms with Gasteiger partial charge in [-0.15, -0.1) is 0 Å². The minimum absolute atomic E-state index is 0.351. The lowest BCUT2D eigenvalue weighted by atomic mass is 10.2. The van der Waals surface area contributed by atoms with Gasteiger partial charge in [-0.1, -0.05) is 6.07 Å². The van der Waals surface area contributed by atoms with Crippen molar-refractivity contribution in [2.45, 2.75) is 6.54 Å². The Labute approximate surface area is 106 Å². The number of phenols is 1. The number of rotatable bonds is 3. The molecule has 0 aliphatic rings.